The van der Waals surface area contributed by atoms with Gasteiger partial charge in [0.05, 0.1) is 0 Å². The lowest BCUT2D eigenvalue weighted by molar-refractivity contribution is 0.422. The lowest BCUT2D eigenvalue weighted by Gasteiger charge is -2.17. The summed E-state index contributed by atoms with van der Waals surface area (Å²) in [6, 6.07) is 3.82. The number of benzene rings is 1. The van der Waals surface area contributed by atoms with Gasteiger partial charge in [-0.3, -0.25) is 11.3 Å². The minimum absolute atomic E-state index is 0.0937. The first-order chi connectivity index (χ1) is 8.04. The van der Waals surface area contributed by atoms with Crippen molar-refractivity contribution < 1.29 is 8.78 Å². The van der Waals surface area contributed by atoms with E-state index >= 15 is 0 Å². The fourth-order valence-electron chi connectivity index (χ4n) is 1.75. The Labute approximate surface area is 101 Å². The summed E-state index contributed by atoms with van der Waals surface area (Å²) in [4.78, 5) is 0. The highest BCUT2D eigenvalue weighted by molar-refractivity contribution is 5.20. The smallest absolute Gasteiger partial charge is 0.129 e. The number of halogens is 2. The Morgan fingerprint density at radius 3 is 2.24 bits per heavy atom. The van der Waals surface area contributed by atoms with Crippen molar-refractivity contribution in [3.8, 4) is 0 Å². The van der Waals surface area contributed by atoms with Crippen molar-refractivity contribution in [1.82, 2.24) is 5.43 Å². The van der Waals surface area contributed by atoms with Crippen LogP contribution in [0.5, 0.6) is 0 Å². The van der Waals surface area contributed by atoms with Gasteiger partial charge in [-0.25, -0.2) is 8.78 Å². The molecule has 4 heteroatoms. The van der Waals surface area contributed by atoms with Crippen molar-refractivity contribution in [3.05, 3.63) is 35.4 Å². The van der Waals surface area contributed by atoms with Crippen LogP contribution in [0.4, 0.5) is 8.78 Å². The van der Waals surface area contributed by atoms with Gasteiger partial charge in [0.2, 0.25) is 0 Å². The normalized spacial score (nSPS) is 13.1. The van der Waals surface area contributed by atoms with Gasteiger partial charge in [-0.2, -0.15) is 0 Å². The van der Waals surface area contributed by atoms with Crippen LogP contribution in [0.1, 0.15) is 32.3 Å². The van der Waals surface area contributed by atoms with Crippen molar-refractivity contribution in [1.29, 1.82) is 0 Å². The largest absolute Gasteiger partial charge is 0.271 e. The van der Waals surface area contributed by atoms with E-state index in [9.17, 15) is 8.78 Å². The molecule has 1 aromatic carbocycles. The summed E-state index contributed by atoms with van der Waals surface area (Å²) in [5.41, 5.74) is 2.74. The summed E-state index contributed by atoms with van der Waals surface area (Å²) in [5, 5.41) is 0. The molecule has 1 aromatic rings. The average Bonchev–Trinajstić information content (AvgIpc) is 2.27. The molecule has 0 heterocycles. The molecule has 0 spiro atoms. The minimum Gasteiger partial charge on any atom is -0.271 e. The Bertz CT molecular complexity index is 333. The zero-order chi connectivity index (χ0) is 12.8. The molecule has 0 radical (unpaired) electrons. The summed E-state index contributed by atoms with van der Waals surface area (Å²) >= 11 is 0. The van der Waals surface area contributed by atoms with Crippen LogP contribution in [0.25, 0.3) is 0 Å². The minimum atomic E-state index is -0.505. The van der Waals surface area contributed by atoms with Crippen molar-refractivity contribution in [2.75, 3.05) is 0 Å². The average molecular weight is 242 g/mol. The molecule has 2 nitrogen and oxygen atoms in total. The fraction of sp³-hybridized carbons (Fsp3) is 0.538. The highest BCUT2D eigenvalue weighted by Gasteiger charge is 2.15. The molecule has 3 N–H and O–H groups in total. The van der Waals surface area contributed by atoms with E-state index in [-0.39, 0.29) is 18.0 Å². The zero-order valence-electron chi connectivity index (χ0n) is 10.3. The van der Waals surface area contributed by atoms with E-state index in [2.05, 4.69) is 19.3 Å². The first kappa shape index (κ1) is 14.1. The van der Waals surface area contributed by atoms with Crippen LogP contribution in [0.15, 0.2) is 18.2 Å². The molecule has 0 fully saturated rings. The predicted molar refractivity (Wildman–Crippen MR) is 65.2 cm³/mol. The summed E-state index contributed by atoms with van der Waals surface area (Å²) in [5.74, 6) is 4.95. The van der Waals surface area contributed by atoms with Crippen LogP contribution in [0, 0.1) is 17.6 Å². The molecule has 0 saturated carbocycles. The van der Waals surface area contributed by atoms with Crippen LogP contribution in [0.3, 0.4) is 0 Å². The second-order valence-corrected chi connectivity index (χ2v) is 4.74. The molecule has 1 unspecified atom stereocenters. The molecular weight excluding hydrogens is 222 g/mol. The molecule has 0 aromatic heterocycles. The Morgan fingerprint density at radius 2 is 1.76 bits per heavy atom. The van der Waals surface area contributed by atoms with E-state index in [0.29, 0.717) is 5.92 Å². The maximum Gasteiger partial charge on any atom is 0.129 e. The molecule has 0 aliphatic carbocycles. The van der Waals surface area contributed by atoms with E-state index in [1.165, 1.54) is 18.2 Å². The van der Waals surface area contributed by atoms with Gasteiger partial charge in [0.25, 0.3) is 0 Å². The Hall–Kier alpha value is -1.00. The van der Waals surface area contributed by atoms with E-state index in [0.717, 1.165) is 12.8 Å². The molecule has 96 valence electrons. The number of hydrazine groups is 1. The van der Waals surface area contributed by atoms with Crippen molar-refractivity contribution in [2.45, 2.75) is 39.2 Å². The van der Waals surface area contributed by atoms with Gasteiger partial charge >= 0.3 is 0 Å². The van der Waals surface area contributed by atoms with E-state index < -0.39 is 11.6 Å². The van der Waals surface area contributed by atoms with Crippen molar-refractivity contribution in [2.24, 2.45) is 11.8 Å². The van der Waals surface area contributed by atoms with E-state index in [1.54, 1.807) is 0 Å². The Morgan fingerprint density at radius 1 is 1.18 bits per heavy atom. The Kier molecular flexibility index (Phi) is 5.51. The molecule has 0 amide bonds. The van der Waals surface area contributed by atoms with Gasteiger partial charge < -0.3 is 0 Å². The molecule has 0 bridgehead atoms. The summed E-state index contributed by atoms with van der Waals surface area (Å²) in [6.07, 6.45) is 2.06. The van der Waals surface area contributed by atoms with Crippen LogP contribution < -0.4 is 11.3 Å². The quantitative estimate of drug-likeness (QED) is 0.594. The third-order valence-electron chi connectivity index (χ3n) is 2.84. The lowest BCUT2D eigenvalue weighted by atomic mass is 9.98. The number of hydrogen-bond donors (Lipinski definition) is 2. The van der Waals surface area contributed by atoms with Gasteiger partial charge in [0.1, 0.15) is 11.6 Å². The molecule has 0 aliphatic heterocycles. The van der Waals surface area contributed by atoms with Gasteiger partial charge in [0.15, 0.2) is 0 Å². The van der Waals surface area contributed by atoms with Crippen molar-refractivity contribution >= 4 is 0 Å². The van der Waals surface area contributed by atoms with Crippen molar-refractivity contribution in [3.63, 3.8) is 0 Å². The summed E-state index contributed by atoms with van der Waals surface area (Å²) < 4.78 is 26.9. The van der Waals surface area contributed by atoms with Gasteiger partial charge in [-0.1, -0.05) is 19.9 Å². The maximum absolute atomic E-state index is 13.4. The third-order valence-corrected chi connectivity index (χ3v) is 2.84. The first-order valence-corrected chi connectivity index (χ1v) is 5.93. The Balaban J connectivity index is 2.67. The molecule has 1 atom stereocenters. The fourth-order valence-corrected chi connectivity index (χ4v) is 1.75. The standard InChI is InChI=1S/C13H20F2N2/c1-9(2)6-7-10(17-16)8-11-12(14)4-3-5-13(11)15/h3-5,9-10,17H,6-8,16H2,1-2H3. The van der Waals surface area contributed by atoms with Gasteiger partial charge in [-0.15, -0.1) is 0 Å². The number of nitrogens with one attached hydrogen (secondary N) is 1. The highest BCUT2D eigenvalue weighted by Crippen LogP contribution is 2.16. The molecule has 17 heavy (non-hydrogen) atoms. The molecule has 0 aliphatic rings. The van der Waals surface area contributed by atoms with Crippen LogP contribution in [-0.2, 0) is 6.42 Å². The highest BCUT2D eigenvalue weighted by atomic mass is 19.1. The SMILES string of the molecule is CC(C)CCC(Cc1c(F)cccc1F)NN. The zero-order valence-corrected chi connectivity index (χ0v) is 10.3. The lowest BCUT2D eigenvalue weighted by Crippen LogP contribution is -2.37. The number of rotatable bonds is 6. The van der Waals surface area contributed by atoms with Gasteiger partial charge in [-0.05, 0) is 37.3 Å². The molecule has 1 rings (SSSR count). The third kappa shape index (κ3) is 4.40. The summed E-state index contributed by atoms with van der Waals surface area (Å²) in [7, 11) is 0. The second-order valence-electron chi connectivity index (χ2n) is 4.74. The number of hydrogen-bond acceptors (Lipinski definition) is 2. The van der Waals surface area contributed by atoms with Crippen LogP contribution in [0.2, 0.25) is 0 Å². The first-order valence-electron chi connectivity index (χ1n) is 5.93. The molecular formula is C13H20F2N2. The van der Waals surface area contributed by atoms with E-state index in [4.69, 9.17) is 5.84 Å². The van der Waals surface area contributed by atoms with Crippen LogP contribution in [-0.4, -0.2) is 6.04 Å². The van der Waals surface area contributed by atoms with Gasteiger partial charge in [0, 0.05) is 11.6 Å². The van der Waals surface area contributed by atoms with E-state index in [1.807, 2.05) is 0 Å². The predicted octanol–water partition coefficient (Wildman–Crippen LogP) is 2.78. The van der Waals surface area contributed by atoms with Crippen LogP contribution >= 0.6 is 0 Å². The maximum atomic E-state index is 13.4. The monoisotopic (exact) mass is 242 g/mol. The molecule has 0 saturated heterocycles. The topological polar surface area (TPSA) is 38.0 Å². The second kappa shape index (κ2) is 6.67. The number of nitrogens with two attached hydrogens (primary N) is 1. The summed E-state index contributed by atoms with van der Waals surface area (Å²) in [6.45, 7) is 4.22.